The molecule has 0 aromatic heterocycles. The minimum atomic E-state index is -0.219. The molecule has 58 valence electrons. The first-order chi connectivity index (χ1) is 4.66. The molecule has 2 amide bonds. The Morgan fingerprint density at radius 1 is 1.40 bits per heavy atom. The normalized spacial score (nSPS) is 8.60. The van der Waals surface area contributed by atoms with Gasteiger partial charge in [0.25, 0.3) is 0 Å². The van der Waals surface area contributed by atoms with E-state index in [1.807, 2.05) is 0 Å². The van der Waals surface area contributed by atoms with E-state index in [1.165, 1.54) is 14.0 Å². The topological polar surface area (TPSA) is 70.2 Å². The zero-order valence-electron chi connectivity index (χ0n) is 6.02. The maximum absolute atomic E-state index is 10.5. The Labute approximate surface area is 59.1 Å². The molecule has 5 heteroatoms. The van der Waals surface area contributed by atoms with Crippen LogP contribution in [0.15, 0.2) is 0 Å². The van der Waals surface area contributed by atoms with Crippen molar-refractivity contribution in [1.29, 1.82) is 0 Å². The molecule has 0 rings (SSSR count). The molecule has 0 bridgehead atoms. The Bertz CT molecular complexity index is 135. The lowest BCUT2D eigenvalue weighted by atomic mass is 10.6. The van der Waals surface area contributed by atoms with Crippen LogP contribution in [0.1, 0.15) is 6.92 Å². The van der Waals surface area contributed by atoms with Gasteiger partial charge in [-0.2, -0.15) is 0 Å². The standard InChI is InChI=1S/C5H11N3O2/c1-4(9)8-7-3-5(10)6-2/h7H,3H2,1-2H3,(H,6,10)(H,8,9). The predicted octanol–water partition coefficient (Wildman–Crippen LogP) is -1.63. The number of carbonyl (C=O) groups excluding carboxylic acids is 2. The highest BCUT2D eigenvalue weighted by Crippen LogP contribution is 1.57. The molecule has 0 spiro atoms. The maximum Gasteiger partial charge on any atom is 0.235 e. The third kappa shape index (κ3) is 5.04. The first-order valence-corrected chi connectivity index (χ1v) is 2.87. The van der Waals surface area contributed by atoms with Crippen LogP contribution in [0.25, 0.3) is 0 Å². The molecule has 0 atom stereocenters. The minimum absolute atomic E-state index is 0.0933. The molecule has 0 fully saturated rings. The summed E-state index contributed by atoms with van der Waals surface area (Å²) in [5.74, 6) is -0.391. The Morgan fingerprint density at radius 2 is 2.00 bits per heavy atom. The van der Waals surface area contributed by atoms with Crippen molar-refractivity contribution in [2.75, 3.05) is 13.6 Å². The van der Waals surface area contributed by atoms with Crippen molar-refractivity contribution in [2.45, 2.75) is 6.92 Å². The quantitative estimate of drug-likeness (QED) is 0.418. The van der Waals surface area contributed by atoms with Crippen LogP contribution < -0.4 is 16.2 Å². The van der Waals surface area contributed by atoms with E-state index in [-0.39, 0.29) is 18.4 Å². The van der Waals surface area contributed by atoms with Gasteiger partial charge < -0.3 is 5.32 Å². The number of likely N-dealkylation sites (N-methyl/N-ethyl adjacent to an activating group) is 1. The van der Waals surface area contributed by atoms with E-state index in [4.69, 9.17) is 0 Å². The minimum Gasteiger partial charge on any atom is -0.358 e. The van der Waals surface area contributed by atoms with Crippen molar-refractivity contribution in [1.82, 2.24) is 16.2 Å². The number of nitrogens with one attached hydrogen (secondary N) is 3. The van der Waals surface area contributed by atoms with Gasteiger partial charge in [0.15, 0.2) is 0 Å². The van der Waals surface area contributed by atoms with Gasteiger partial charge in [0.2, 0.25) is 11.8 Å². The maximum atomic E-state index is 10.5. The molecule has 5 nitrogen and oxygen atoms in total. The number of carbonyl (C=O) groups is 2. The molecular formula is C5H11N3O2. The summed E-state index contributed by atoms with van der Waals surface area (Å²) in [6.45, 7) is 1.45. The molecule has 3 N–H and O–H groups in total. The number of hydrogen-bond donors (Lipinski definition) is 3. The van der Waals surface area contributed by atoms with Gasteiger partial charge in [-0.15, -0.1) is 0 Å². The molecule has 0 aliphatic heterocycles. The molecule has 0 saturated carbocycles. The highest BCUT2D eigenvalue weighted by molar-refractivity contribution is 5.78. The molecule has 0 aliphatic carbocycles. The van der Waals surface area contributed by atoms with Crippen LogP contribution in [0.4, 0.5) is 0 Å². The summed E-state index contributed by atoms with van der Waals surface area (Å²) < 4.78 is 0. The second-order valence-electron chi connectivity index (χ2n) is 1.71. The van der Waals surface area contributed by atoms with Crippen LogP contribution in [0.3, 0.4) is 0 Å². The van der Waals surface area contributed by atoms with Gasteiger partial charge in [-0.05, 0) is 0 Å². The molecular weight excluding hydrogens is 134 g/mol. The van der Waals surface area contributed by atoms with Gasteiger partial charge in [0.1, 0.15) is 0 Å². The third-order valence-electron chi connectivity index (χ3n) is 0.792. The van der Waals surface area contributed by atoms with Crippen LogP contribution in [-0.4, -0.2) is 25.4 Å². The Hall–Kier alpha value is -1.10. The van der Waals surface area contributed by atoms with E-state index in [1.54, 1.807) is 0 Å². The number of rotatable bonds is 3. The number of hydrazine groups is 1. The Kier molecular flexibility index (Phi) is 4.23. The van der Waals surface area contributed by atoms with Gasteiger partial charge in [-0.3, -0.25) is 15.0 Å². The zero-order valence-corrected chi connectivity index (χ0v) is 6.02. The molecule has 0 aromatic rings. The fourth-order valence-electron chi connectivity index (χ4n) is 0.337. The van der Waals surface area contributed by atoms with Crippen LogP contribution in [0.2, 0.25) is 0 Å². The fraction of sp³-hybridized carbons (Fsp3) is 0.600. The van der Waals surface area contributed by atoms with Crippen molar-refractivity contribution in [3.05, 3.63) is 0 Å². The van der Waals surface area contributed by atoms with Gasteiger partial charge in [-0.25, -0.2) is 5.43 Å². The predicted molar refractivity (Wildman–Crippen MR) is 35.9 cm³/mol. The number of amides is 2. The zero-order chi connectivity index (χ0) is 7.98. The molecule has 0 aliphatic rings. The second kappa shape index (κ2) is 4.75. The van der Waals surface area contributed by atoms with Crippen molar-refractivity contribution in [2.24, 2.45) is 0 Å². The molecule has 0 aromatic carbocycles. The lowest BCUT2D eigenvalue weighted by Crippen LogP contribution is -2.42. The average Bonchev–Trinajstić information content (AvgIpc) is 1.87. The van der Waals surface area contributed by atoms with Crippen molar-refractivity contribution in [3.8, 4) is 0 Å². The monoisotopic (exact) mass is 145 g/mol. The Balaban J connectivity index is 3.20. The van der Waals surface area contributed by atoms with Crippen molar-refractivity contribution < 1.29 is 9.59 Å². The van der Waals surface area contributed by atoms with E-state index < -0.39 is 0 Å². The van der Waals surface area contributed by atoms with E-state index in [0.717, 1.165) is 0 Å². The van der Waals surface area contributed by atoms with Gasteiger partial charge in [-0.1, -0.05) is 0 Å². The lowest BCUT2D eigenvalue weighted by molar-refractivity contribution is -0.121. The Morgan fingerprint density at radius 3 is 2.40 bits per heavy atom. The van der Waals surface area contributed by atoms with Crippen LogP contribution >= 0.6 is 0 Å². The van der Waals surface area contributed by atoms with Crippen LogP contribution in [-0.2, 0) is 9.59 Å². The summed E-state index contributed by atoms with van der Waals surface area (Å²) in [7, 11) is 1.53. The highest BCUT2D eigenvalue weighted by atomic mass is 16.2. The lowest BCUT2D eigenvalue weighted by Gasteiger charge is -2.01. The summed E-state index contributed by atoms with van der Waals surface area (Å²) in [5.41, 5.74) is 4.68. The molecule has 0 unspecified atom stereocenters. The molecule has 10 heavy (non-hydrogen) atoms. The van der Waals surface area contributed by atoms with Crippen LogP contribution in [0.5, 0.6) is 0 Å². The first-order valence-electron chi connectivity index (χ1n) is 2.87. The summed E-state index contributed by atoms with van der Waals surface area (Å²) in [5, 5.41) is 2.39. The summed E-state index contributed by atoms with van der Waals surface area (Å²) >= 11 is 0. The molecule has 0 heterocycles. The highest BCUT2D eigenvalue weighted by Gasteiger charge is 1.94. The van der Waals surface area contributed by atoms with Crippen molar-refractivity contribution in [3.63, 3.8) is 0 Å². The second-order valence-corrected chi connectivity index (χ2v) is 1.71. The summed E-state index contributed by atoms with van der Waals surface area (Å²) in [4.78, 5) is 20.7. The number of hydrogen-bond acceptors (Lipinski definition) is 3. The summed E-state index contributed by atoms with van der Waals surface area (Å²) in [6.07, 6.45) is 0. The van der Waals surface area contributed by atoms with E-state index in [2.05, 4.69) is 16.2 Å². The van der Waals surface area contributed by atoms with Gasteiger partial charge in [0.05, 0.1) is 6.54 Å². The van der Waals surface area contributed by atoms with Gasteiger partial charge >= 0.3 is 0 Å². The smallest absolute Gasteiger partial charge is 0.235 e. The third-order valence-corrected chi connectivity index (χ3v) is 0.792. The average molecular weight is 145 g/mol. The van der Waals surface area contributed by atoms with Gasteiger partial charge in [0, 0.05) is 14.0 Å². The van der Waals surface area contributed by atoms with E-state index >= 15 is 0 Å². The molecule has 0 saturated heterocycles. The largest absolute Gasteiger partial charge is 0.358 e. The fourth-order valence-corrected chi connectivity index (χ4v) is 0.337. The molecule has 0 radical (unpaired) electrons. The van der Waals surface area contributed by atoms with E-state index in [9.17, 15) is 9.59 Å². The van der Waals surface area contributed by atoms with E-state index in [0.29, 0.717) is 0 Å². The van der Waals surface area contributed by atoms with Crippen LogP contribution in [0, 0.1) is 0 Å². The SMILES string of the molecule is CNC(=O)CNNC(C)=O. The van der Waals surface area contributed by atoms with Crippen molar-refractivity contribution >= 4 is 11.8 Å². The first kappa shape index (κ1) is 8.90. The summed E-state index contributed by atoms with van der Waals surface area (Å²) in [6, 6.07) is 0.